The highest BCUT2D eigenvalue weighted by atomic mass is 16.1. The molecule has 1 aromatic carbocycles. The first-order chi connectivity index (χ1) is 7.72. The third kappa shape index (κ3) is 4.96. The summed E-state index contributed by atoms with van der Waals surface area (Å²) in [5.74, 6) is 0.655. The monoisotopic (exact) mass is 219 g/mol. The number of carbonyl (C=O) groups excluding carboxylic acids is 1. The van der Waals surface area contributed by atoms with E-state index in [1.165, 1.54) is 5.56 Å². The van der Waals surface area contributed by atoms with Gasteiger partial charge in [-0.2, -0.15) is 0 Å². The predicted molar refractivity (Wildman–Crippen MR) is 67.2 cm³/mol. The summed E-state index contributed by atoms with van der Waals surface area (Å²) in [4.78, 5) is 11.5. The molecule has 1 N–H and O–H groups in total. The molecule has 0 saturated carbocycles. The van der Waals surface area contributed by atoms with Gasteiger partial charge in [0.25, 0.3) is 0 Å². The molecule has 88 valence electrons. The molecule has 2 heteroatoms. The van der Waals surface area contributed by atoms with Gasteiger partial charge < -0.3 is 5.32 Å². The highest BCUT2D eigenvalue weighted by molar-refractivity contribution is 5.76. The summed E-state index contributed by atoms with van der Waals surface area (Å²) in [6, 6.07) is 10.2. The molecule has 0 aliphatic rings. The summed E-state index contributed by atoms with van der Waals surface area (Å²) in [6.07, 6.45) is 2.62. The minimum Gasteiger partial charge on any atom is -0.356 e. The first-order valence-electron chi connectivity index (χ1n) is 6.03. The molecule has 1 aromatic rings. The largest absolute Gasteiger partial charge is 0.356 e. The fraction of sp³-hybridized carbons (Fsp3) is 0.500. The first-order valence-corrected chi connectivity index (χ1v) is 6.03. The molecule has 0 saturated heterocycles. The van der Waals surface area contributed by atoms with Gasteiger partial charge in [0, 0.05) is 13.0 Å². The predicted octanol–water partition coefficient (Wildman–Crippen LogP) is 2.78. The quantitative estimate of drug-likeness (QED) is 0.783. The molecule has 0 radical (unpaired) electrons. The Morgan fingerprint density at radius 1 is 1.31 bits per heavy atom. The summed E-state index contributed by atoms with van der Waals surface area (Å²) < 4.78 is 0. The number of hydrogen-bond acceptors (Lipinski definition) is 1. The SMILES string of the molecule is CCC(C)CC(=O)NCCc1ccccc1. The van der Waals surface area contributed by atoms with E-state index in [9.17, 15) is 4.79 Å². The minimum absolute atomic E-state index is 0.172. The number of amides is 1. The van der Waals surface area contributed by atoms with Crippen LogP contribution in [0.15, 0.2) is 30.3 Å². The van der Waals surface area contributed by atoms with Crippen LogP contribution in [0.25, 0.3) is 0 Å². The molecule has 0 bridgehead atoms. The van der Waals surface area contributed by atoms with Gasteiger partial charge in [-0.05, 0) is 17.9 Å². The second-order valence-corrected chi connectivity index (χ2v) is 4.30. The number of benzene rings is 1. The van der Waals surface area contributed by atoms with Crippen molar-refractivity contribution < 1.29 is 4.79 Å². The van der Waals surface area contributed by atoms with Crippen LogP contribution in [0.5, 0.6) is 0 Å². The standard InChI is InChI=1S/C14H21NO/c1-3-12(2)11-14(16)15-10-9-13-7-5-4-6-8-13/h4-8,12H,3,9-11H2,1-2H3,(H,15,16). The molecule has 1 amide bonds. The van der Waals surface area contributed by atoms with E-state index in [0.717, 1.165) is 19.4 Å². The molecule has 2 nitrogen and oxygen atoms in total. The van der Waals surface area contributed by atoms with Gasteiger partial charge in [-0.3, -0.25) is 4.79 Å². The second-order valence-electron chi connectivity index (χ2n) is 4.30. The molecular weight excluding hydrogens is 198 g/mol. The molecule has 0 aliphatic carbocycles. The van der Waals surface area contributed by atoms with E-state index in [4.69, 9.17) is 0 Å². The maximum Gasteiger partial charge on any atom is 0.220 e. The summed E-state index contributed by atoms with van der Waals surface area (Å²) in [6.45, 7) is 4.96. The zero-order chi connectivity index (χ0) is 11.8. The summed E-state index contributed by atoms with van der Waals surface area (Å²) in [7, 11) is 0. The number of carbonyl (C=O) groups is 1. The average molecular weight is 219 g/mol. The molecule has 1 unspecified atom stereocenters. The summed E-state index contributed by atoms with van der Waals surface area (Å²) in [5.41, 5.74) is 1.27. The van der Waals surface area contributed by atoms with Crippen molar-refractivity contribution in [2.75, 3.05) is 6.54 Å². The van der Waals surface area contributed by atoms with E-state index in [1.54, 1.807) is 0 Å². The van der Waals surface area contributed by atoms with Gasteiger partial charge in [-0.25, -0.2) is 0 Å². The Morgan fingerprint density at radius 3 is 2.62 bits per heavy atom. The Hall–Kier alpha value is -1.31. The Labute approximate surface area is 98.1 Å². The minimum atomic E-state index is 0.172. The van der Waals surface area contributed by atoms with Crippen molar-refractivity contribution in [2.45, 2.75) is 33.1 Å². The molecule has 0 aromatic heterocycles. The van der Waals surface area contributed by atoms with E-state index in [-0.39, 0.29) is 5.91 Å². The molecule has 0 spiro atoms. The summed E-state index contributed by atoms with van der Waals surface area (Å²) in [5, 5.41) is 2.96. The molecular formula is C14H21NO. The van der Waals surface area contributed by atoms with E-state index in [1.807, 2.05) is 18.2 Å². The lowest BCUT2D eigenvalue weighted by molar-refractivity contribution is -0.121. The van der Waals surface area contributed by atoms with Crippen molar-refractivity contribution in [1.29, 1.82) is 0 Å². The van der Waals surface area contributed by atoms with Crippen LogP contribution >= 0.6 is 0 Å². The lowest BCUT2D eigenvalue weighted by atomic mass is 10.1. The highest BCUT2D eigenvalue weighted by Crippen LogP contribution is 2.05. The molecule has 1 rings (SSSR count). The Bertz CT molecular complexity index is 308. The van der Waals surface area contributed by atoms with E-state index >= 15 is 0 Å². The average Bonchev–Trinajstić information content (AvgIpc) is 2.30. The smallest absolute Gasteiger partial charge is 0.220 e. The fourth-order valence-corrected chi connectivity index (χ4v) is 1.52. The van der Waals surface area contributed by atoms with Gasteiger partial charge in [0.05, 0.1) is 0 Å². The fourth-order valence-electron chi connectivity index (χ4n) is 1.52. The van der Waals surface area contributed by atoms with Crippen LogP contribution in [0.4, 0.5) is 0 Å². The third-order valence-corrected chi connectivity index (χ3v) is 2.81. The van der Waals surface area contributed by atoms with Gasteiger partial charge in [0.2, 0.25) is 5.91 Å². The third-order valence-electron chi connectivity index (χ3n) is 2.81. The van der Waals surface area contributed by atoms with E-state index in [0.29, 0.717) is 12.3 Å². The van der Waals surface area contributed by atoms with Gasteiger partial charge in [-0.1, -0.05) is 50.6 Å². The van der Waals surface area contributed by atoms with Crippen molar-refractivity contribution in [3.8, 4) is 0 Å². The van der Waals surface area contributed by atoms with Crippen molar-refractivity contribution in [1.82, 2.24) is 5.32 Å². The van der Waals surface area contributed by atoms with Crippen LogP contribution < -0.4 is 5.32 Å². The first kappa shape index (κ1) is 12.8. The van der Waals surface area contributed by atoms with E-state index < -0.39 is 0 Å². The normalized spacial score (nSPS) is 12.1. The molecule has 0 heterocycles. The maximum absolute atomic E-state index is 11.5. The van der Waals surface area contributed by atoms with Crippen molar-refractivity contribution in [3.05, 3.63) is 35.9 Å². The highest BCUT2D eigenvalue weighted by Gasteiger charge is 2.05. The van der Waals surface area contributed by atoms with Gasteiger partial charge in [-0.15, -0.1) is 0 Å². The Morgan fingerprint density at radius 2 is 2.00 bits per heavy atom. The number of rotatable bonds is 6. The molecule has 16 heavy (non-hydrogen) atoms. The lowest BCUT2D eigenvalue weighted by Crippen LogP contribution is -2.26. The van der Waals surface area contributed by atoms with Crippen LogP contribution in [0.1, 0.15) is 32.3 Å². The van der Waals surface area contributed by atoms with Crippen LogP contribution in [-0.4, -0.2) is 12.5 Å². The lowest BCUT2D eigenvalue weighted by Gasteiger charge is -2.09. The van der Waals surface area contributed by atoms with E-state index in [2.05, 4.69) is 31.3 Å². The van der Waals surface area contributed by atoms with Gasteiger partial charge >= 0.3 is 0 Å². The summed E-state index contributed by atoms with van der Waals surface area (Å²) >= 11 is 0. The molecule has 0 fully saturated rings. The maximum atomic E-state index is 11.5. The van der Waals surface area contributed by atoms with Crippen LogP contribution in [0.3, 0.4) is 0 Å². The molecule has 0 aliphatic heterocycles. The zero-order valence-electron chi connectivity index (χ0n) is 10.2. The second kappa shape index (κ2) is 7.04. The van der Waals surface area contributed by atoms with Crippen molar-refractivity contribution >= 4 is 5.91 Å². The van der Waals surface area contributed by atoms with Crippen LogP contribution in [0, 0.1) is 5.92 Å². The topological polar surface area (TPSA) is 29.1 Å². The molecule has 1 atom stereocenters. The number of nitrogens with one attached hydrogen (secondary N) is 1. The van der Waals surface area contributed by atoms with Crippen molar-refractivity contribution in [3.63, 3.8) is 0 Å². The van der Waals surface area contributed by atoms with Gasteiger partial charge in [0.1, 0.15) is 0 Å². The Kier molecular flexibility index (Phi) is 5.62. The zero-order valence-corrected chi connectivity index (χ0v) is 10.2. The van der Waals surface area contributed by atoms with Crippen LogP contribution in [-0.2, 0) is 11.2 Å². The number of hydrogen-bond donors (Lipinski definition) is 1. The van der Waals surface area contributed by atoms with Crippen molar-refractivity contribution in [2.24, 2.45) is 5.92 Å². The van der Waals surface area contributed by atoms with Gasteiger partial charge in [0.15, 0.2) is 0 Å². The van der Waals surface area contributed by atoms with Crippen LogP contribution in [0.2, 0.25) is 0 Å². The Balaban J connectivity index is 2.18.